The highest BCUT2D eigenvalue weighted by Gasteiger charge is 2.20. The Hall–Kier alpha value is -3.61. The van der Waals surface area contributed by atoms with E-state index in [2.05, 4.69) is 15.6 Å². The fourth-order valence-corrected chi connectivity index (χ4v) is 2.86. The van der Waals surface area contributed by atoms with E-state index in [-0.39, 0.29) is 12.0 Å². The first-order valence-electron chi connectivity index (χ1n) is 9.45. The zero-order valence-corrected chi connectivity index (χ0v) is 16.5. The molecule has 0 saturated carbocycles. The minimum Gasteiger partial charge on any atom is -0.462 e. The molecule has 0 aliphatic carbocycles. The molecule has 1 aromatic heterocycles. The summed E-state index contributed by atoms with van der Waals surface area (Å²) in [4.78, 5) is 28.9. The van der Waals surface area contributed by atoms with Crippen LogP contribution >= 0.6 is 0 Å². The number of carbonyl (C=O) groups is 2. The molecule has 0 aliphatic heterocycles. The van der Waals surface area contributed by atoms with E-state index in [0.717, 1.165) is 17.8 Å². The Kier molecular flexibility index (Phi) is 6.63. The summed E-state index contributed by atoms with van der Waals surface area (Å²) in [6.07, 6.45) is 4.30. The third-order valence-electron chi connectivity index (χ3n) is 4.34. The summed E-state index contributed by atoms with van der Waals surface area (Å²) in [5.41, 5.74) is 1.94. The molecule has 0 aliphatic rings. The molecule has 0 saturated heterocycles. The first-order valence-corrected chi connectivity index (χ1v) is 9.45. The van der Waals surface area contributed by atoms with Gasteiger partial charge in [0.1, 0.15) is 11.9 Å². The second-order valence-electron chi connectivity index (χ2n) is 6.55. The van der Waals surface area contributed by atoms with Crippen LogP contribution in [0, 0.1) is 0 Å². The van der Waals surface area contributed by atoms with E-state index >= 15 is 0 Å². The fraction of sp³-hybridized carbons (Fsp3) is 0.227. The van der Waals surface area contributed by atoms with Crippen molar-refractivity contribution in [2.75, 3.05) is 11.9 Å². The molecular formula is C22H24N4O3. The van der Waals surface area contributed by atoms with E-state index in [1.807, 2.05) is 55.1 Å². The number of nitrogens with one attached hydrogen (secondary N) is 2. The SMILES string of the molecule is CCCOC(=O)c1ccc(NC(=O)NC(c2ccccc2)c2nccn2C)cc1. The number of amides is 2. The average Bonchev–Trinajstić information content (AvgIpc) is 3.17. The van der Waals surface area contributed by atoms with Crippen molar-refractivity contribution in [2.24, 2.45) is 7.05 Å². The van der Waals surface area contributed by atoms with Gasteiger partial charge in [0.05, 0.1) is 12.2 Å². The maximum Gasteiger partial charge on any atom is 0.338 e. The third-order valence-corrected chi connectivity index (χ3v) is 4.34. The van der Waals surface area contributed by atoms with Crippen LogP contribution in [0.2, 0.25) is 0 Å². The van der Waals surface area contributed by atoms with Crippen molar-refractivity contribution in [1.82, 2.24) is 14.9 Å². The highest BCUT2D eigenvalue weighted by molar-refractivity contribution is 5.92. The molecule has 2 amide bonds. The maximum atomic E-state index is 12.6. The average molecular weight is 392 g/mol. The van der Waals surface area contributed by atoms with Crippen molar-refractivity contribution in [3.8, 4) is 0 Å². The monoisotopic (exact) mass is 392 g/mol. The van der Waals surface area contributed by atoms with Gasteiger partial charge in [-0.15, -0.1) is 0 Å². The molecule has 3 rings (SSSR count). The lowest BCUT2D eigenvalue weighted by atomic mass is 10.1. The van der Waals surface area contributed by atoms with Crippen molar-refractivity contribution >= 4 is 17.7 Å². The number of anilines is 1. The van der Waals surface area contributed by atoms with Crippen molar-refractivity contribution in [3.63, 3.8) is 0 Å². The predicted octanol–water partition coefficient (Wildman–Crippen LogP) is 3.90. The van der Waals surface area contributed by atoms with Gasteiger partial charge in [-0.3, -0.25) is 0 Å². The number of benzene rings is 2. The van der Waals surface area contributed by atoms with Crippen LogP contribution in [0.4, 0.5) is 10.5 Å². The van der Waals surface area contributed by atoms with Gasteiger partial charge in [0, 0.05) is 25.1 Å². The molecule has 1 unspecified atom stereocenters. The number of carbonyl (C=O) groups excluding carboxylic acids is 2. The maximum absolute atomic E-state index is 12.6. The lowest BCUT2D eigenvalue weighted by molar-refractivity contribution is 0.0505. The van der Waals surface area contributed by atoms with Gasteiger partial charge in [0.15, 0.2) is 0 Å². The molecule has 1 heterocycles. The number of urea groups is 1. The molecule has 0 radical (unpaired) electrons. The van der Waals surface area contributed by atoms with E-state index in [1.165, 1.54) is 0 Å². The molecule has 2 N–H and O–H groups in total. The lowest BCUT2D eigenvalue weighted by Gasteiger charge is -2.19. The molecule has 7 heteroatoms. The Morgan fingerprint density at radius 1 is 1.10 bits per heavy atom. The van der Waals surface area contributed by atoms with E-state index in [0.29, 0.717) is 17.9 Å². The molecule has 0 spiro atoms. The van der Waals surface area contributed by atoms with E-state index in [9.17, 15) is 9.59 Å². The van der Waals surface area contributed by atoms with Gasteiger partial charge in [-0.25, -0.2) is 14.6 Å². The second-order valence-corrected chi connectivity index (χ2v) is 6.55. The van der Waals surface area contributed by atoms with Crippen LogP contribution in [0.1, 0.15) is 41.1 Å². The first kappa shape index (κ1) is 20.1. The third kappa shape index (κ3) is 5.22. The van der Waals surface area contributed by atoms with Gasteiger partial charge in [-0.05, 0) is 36.2 Å². The predicted molar refractivity (Wildman–Crippen MR) is 111 cm³/mol. The molecule has 3 aromatic rings. The molecule has 150 valence electrons. The van der Waals surface area contributed by atoms with Gasteiger partial charge in [0.2, 0.25) is 0 Å². The van der Waals surface area contributed by atoms with Gasteiger partial charge in [-0.1, -0.05) is 37.3 Å². The van der Waals surface area contributed by atoms with Crippen molar-refractivity contribution in [1.29, 1.82) is 0 Å². The number of imidazole rings is 1. The van der Waals surface area contributed by atoms with Crippen LogP contribution in [-0.4, -0.2) is 28.2 Å². The summed E-state index contributed by atoms with van der Waals surface area (Å²) in [5, 5.41) is 5.76. The number of ether oxygens (including phenoxy) is 1. The van der Waals surface area contributed by atoms with Crippen LogP contribution in [-0.2, 0) is 11.8 Å². The van der Waals surface area contributed by atoms with Crippen LogP contribution in [0.5, 0.6) is 0 Å². The number of aryl methyl sites for hydroxylation is 1. The molecule has 7 nitrogen and oxygen atoms in total. The normalized spacial score (nSPS) is 11.5. The zero-order chi connectivity index (χ0) is 20.6. The summed E-state index contributed by atoms with van der Waals surface area (Å²) in [6, 6.07) is 15.5. The molecule has 0 fully saturated rings. The first-order chi connectivity index (χ1) is 14.1. The highest BCUT2D eigenvalue weighted by Crippen LogP contribution is 2.20. The topological polar surface area (TPSA) is 85.2 Å². The summed E-state index contributed by atoms with van der Waals surface area (Å²) < 4.78 is 6.97. The minimum absolute atomic E-state index is 0.372. The van der Waals surface area contributed by atoms with Crippen LogP contribution in [0.3, 0.4) is 0 Å². The van der Waals surface area contributed by atoms with Gasteiger partial charge in [-0.2, -0.15) is 0 Å². The number of esters is 1. The summed E-state index contributed by atoms with van der Waals surface area (Å²) in [6.45, 7) is 2.32. The standard InChI is InChI=1S/C22H24N4O3/c1-3-15-29-21(27)17-9-11-18(12-10-17)24-22(28)25-19(16-7-5-4-6-8-16)20-23-13-14-26(20)2/h4-14,19H,3,15H2,1-2H3,(H2,24,25,28). The molecule has 1 atom stereocenters. The smallest absolute Gasteiger partial charge is 0.338 e. The Morgan fingerprint density at radius 3 is 2.45 bits per heavy atom. The Labute approximate surface area is 169 Å². The fourth-order valence-electron chi connectivity index (χ4n) is 2.86. The Morgan fingerprint density at radius 2 is 1.83 bits per heavy atom. The van der Waals surface area contributed by atoms with Gasteiger partial charge < -0.3 is 19.9 Å². The molecule has 29 heavy (non-hydrogen) atoms. The summed E-state index contributed by atoms with van der Waals surface area (Å²) in [7, 11) is 1.88. The zero-order valence-electron chi connectivity index (χ0n) is 16.5. The van der Waals surface area contributed by atoms with Crippen molar-refractivity contribution in [3.05, 3.63) is 83.9 Å². The molecule has 0 bridgehead atoms. The molecular weight excluding hydrogens is 368 g/mol. The minimum atomic E-state index is -0.403. The lowest BCUT2D eigenvalue weighted by Crippen LogP contribution is -2.34. The van der Waals surface area contributed by atoms with E-state index in [4.69, 9.17) is 4.74 Å². The second kappa shape index (κ2) is 9.54. The number of hydrogen-bond acceptors (Lipinski definition) is 4. The number of aromatic nitrogens is 2. The van der Waals surface area contributed by atoms with E-state index in [1.54, 1.807) is 30.5 Å². The van der Waals surface area contributed by atoms with Crippen LogP contribution in [0.15, 0.2) is 67.0 Å². The van der Waals surface area contributed by atoms with E-state index < -0.39 is 6.04 Å². The van der Waals surface area contributed by atoms with Crippen molar-refractivity contribution in [2.45, 2.75) is 19.4 Å². The summed E-state index contributed by atoms with van der Waals surface area (Å²) >= 11 is 0. The van der Waals surface area contributed by atoms with Crippen LogP contribution < -0.4 is 10.6 Å². The van der Waals surface area contributed by atoms with Crippen LogP contribution in [0.25, 0.3) is 0 Å². The summed E-state index contributed by atoms with van der Waals surface area (Å²) in [5.74, 6) is 0.349. The Bertz CT molecular complexity index is 952. The van der Waals surface area contributed by atoms with Gasteiger partial charge in [0.25, 0.3) is 0 Å². The number of rotatable bonds is 7. The number of hydrogen-bond donors (Lipinski definition) is 2. The largest absolute Gasteiger partial charge is 0.462 e. The molecule has 2 aromatic carbocycles. The highest BCUT2D eigenvalue weighted by atomic mass is 16.5. The number of nitrogens with zero attached hydrogens (tertiary/aromatic N) is 2. The quantitative estimate of drug-likeness (QED) is 0.597. The van der Waals surface area contributed by atoms with Gasteiger partial charge >= 0.3 is 12.0 Å². The Balaban J connectivity index is 1.69. The van der Waals surface area contributed by atoms with Crippen molar-refractivity contribution < 1.29 is 14.3 Å².